The molecule has 1 aromatic heterocycles. The van der Waals surface area contributed by atoms with E-state index in [-0.39, 0.29) is 24.1 Å². The first-order valence-corrected chi connectivity index (χ1v) is 9.14. The lowest BCUT2D eigenvalue weighted by Crippen LogP contribution is -2.37. The van der Waals surface area contributed by atoms with E-state index in [1.807, 2.05) is 24.3 Å². The number of nitrogens with zero attached hydrogens (tertiary/aromatic N) is 3. The van der Waals surface area contributed by atoms with Gasteiger partial charge in [0, 0.05) is 14.1 Å². The van der Waals surface area contributed by atoms with Gasteiger partial charge in [0.2, 0.25) is 16.9 Å². The first kappa shape index (κ1) is 19.0. The highest BCUT2D eigenvalue weighted by molar-refractivity contribution is 8.01. The Bertz CT molecular complexity index is 737. The summed E-state index contributed by atoms with van der Waals surface area (Å²) in [4.78, 5) is 24.7. The molecule has 2 amide bonds. The Labute approximate surface area is 154 Å². The molecule has 0 spiro atoms. The second-order valence-corrected chi connectivity index (χ2v) is 7.11. The molecule has 25 heavy (non-hydrogen) atoms. The Hall–Kier alpha value is -2.33. The number of nitrogens with one attached hydrogen (secondary N) is 2. The molecule has 0 radical (unpaired) electrons. The quantitative estimate of drug-likeness (QED) is 0.670. The van der Waals surface area contributed by atoms with E-state index < -0.39 is 0 Å². The smallest absolute Gasteiger partial charge is 0.239 e. The van der Waals surface area contributed by atoms with Crippen LogP contribution in [0.1, 0.15) is 0 Å². The van der Waals surface area contributed by atoms with Crippen molar-refractivity contribution >= 4 is 45.7 Å². The lowest BCUT2D eigenvalue weighted by atomic mass is 10.3. The predicted molar refractivity (Wildman–Crippen MR) is 98.6 cm³/mol. The Morgan fingerprint density at radius 3 is 2.80 bits per heavy atom. The Morgan fingerprint density at radius 2 is 2.08 bits per heavy atom. The summed E-state index contributed by atoms with van der Waals surface area (Å²) in [5.74, 6) is 0.539. The van der Waals surface area contributed by atoms with Gasteiger partial charge in [0.05, 0.1) is 25.1 Å². The molecular formula is C15H19N5O3S2. The zero-order chi connectivity index (χ0) is 18.2. The summed E-state index contributed by atoms with van der Waals surface area (Å²) < 4.78 is 5.94. The van der Waals surface area contributed by atoms with Gasteiger partial charge in [-0.05, 0) is 12.1 Å². The summed E-state index contributed by atoms with van der Waals surface area (Å²) in [5.41, 5.74) is 0.791. The van der Waals surface area contributed by atoms with Gasteiger partial charge in [-0.3, -0.25) is 9.59 Å². The molecular weight excluding hydrogens is 362 g/mol. The van der Waals surface area contributed by atoms with Gasteiger partial charge >= 0.3 is 0 Å². The number of carbonyl (C=O) groups excluding carboxylic acids is 2. The third kappa shape index (κ3) is 5.61. The minimum Gasteiger partial charge on any atom is -0.495 e. The average Bonchev–Trinajstić information content (AvgIpc) is 3.07. The van der Waals surface area contributed by atoms with E-state index in [0.29, 0.717) is 15.2 Å². The summed E-state index contributed by atoms with van der Waals surface area (Å²) in [7, 11) is 4.72. The number of rotatable bonds is 8. The molecule has 0 bridgehead atoms. The normalized spacial score (nSPS) is 10.2. The van der Waals surface area contributed by atoms with Crippen molar-refractivity contribution in [2.75, 3.05) is 38.8 Å². The standard InChI is InChI=1S/C15H19N5O3S2/c1-16-12(21)8-20(2)13(22)9-24-15-19-18-14(25-15)17-10-6-4-5-7-11(10)23-3/h4-7H,8-9H2,1-3H3,(H,16,21)(H,17,18). The number of carbonyl (C=O) groups is 2. The van der Waals surface area contributed by atoms with Crippen LogP contribution in [0.2, 0.25) is 0 Å². The summed E-state index contributed by atoms with van der Waals surface area (Å²) in [6.45, 7) is 0.0343. The van der Waals surface area contributed by atoms with E-state index in [4.69, 9.17) is 4.74 Å². The maximum atomic E-state index is 12.0. The second kappa shape index (κ2) is 9.23. The van der Waals surface area contributed by atoms with Crippen LogP contribution in [0.15, 0.2) is 28.6 Å². The Morgan fingerprint density at radius 1 is 1.32 bits per heavy atom. The van der Waals surface area contributed by atoms with E-state index in [9.17, 15) is 9.59 Å². The highest BCUT2D eigenvalue weighted by Crippen LogP contribution is 2.31. The number of methoxy groups -OCH3 is 1. The molecule has 0 atom stereocenters. The molecule has 1 heterocycles. The number of hydrogen-bond donors (Lipinski definition) is 2. The number of anilines is 2. The van der Waals surface area contributed by atoms with Crippen molar-refractivity contribution in [3.8, 4) is 5.75 Å². The number of benzene rings is 1. The van der Waals surface area contributed by atoms with Gasteiger partial charge in [-0.15, -0.1) is 10.2 Å². The van der Waals surface area contributed by atoms with Crippen molar-refractivity contribution in [2.24, 2.45) is 0 Å². The Balaban J connectivity index is 1.89. The predicted octanol–water partition coefficient (Wildman–Crippen LogP) is 1.59. The molecule has 134 valence electrons. The van der Waals surface area contributed by atoms with Crippen LogP contribution in [0.25, 0.3) is 0 Å². The fourth-order valence-electron chi connectivity index (χ4n) is 1.80. The first-order chi connectivity index (χ1) is 12.0. The van der Waals surface area contributed by atoms with Crippen LogP contribution in [-0.2, 0) is 9.59 Å². The van der Waals surface area contributed by atoms with Gasteiger partial charge < -0.3 is 20.3 Å². The van der Waals surface area contributed by atoms with Gasteiger partial charge in [0.25, 0.3) is 0 Å². The van der Waals surface area contributed by atoms with Crippen molar-refractivity contribution in [1.29, 1.82) is 0 Å². The van der Waals surface area contributed by atoms with Gasteiger partial charge in [-0.1, -0.05) is 35.2 Å². The number of amides is 2. The molecule has 0 saturated heterocycles. The summed E-state index contributed by atoms with van der Waals surface area (Å²) in [6.07, 6.45) is 0. The van der Waals surface area contributed by atoms with Crippen LogP contribution < -0.4 is 15.4 Å². The SMILES string of the molecule is CNC(=O)CN(C)C(=O)CSc1nnc(Nc2ccccc2OC)s1. The van der Waals surface area contributed by atoms with Gasteiger partial charge in [0.1, 0.15) is 5.75 Å². The monoisotopic (exact) mass is 381 g/mol. The van der Waals surface area contributed by atoms with Crippen LogP contribution in [0, 0.1) is 0 Å². The minimum atomic E-state index is -0.208. The fourth-order valence-corrected chi connectivity index (χ4v) is 3.50. The molecule has 1 aromatic carbocycles. The van der Waals surface area contributed by atoms with Crippen molar-refractivity contribution in [3.05, 3.63) is 24.3 Å². The fraction of sp³-hybridized carbons (Fsp3) is 0.333. The van der Waals surface area contributed by atoms with Gasteiger partial charge in [0.15, 0.2) is 4.34 Å². The molecule has 2 N–H and O–H groups in total. The largest absolute Gasteiger partial charge is 0.495 e. The van der Waals surface area contributed by atoms with E-state index >= 15 is 0 Å². The molecule has 2 rings (SSSR count). The Kier molecular flexibility index (Phi) is 7.02. The van der Waals surface area contributed by atoms with Gasteiger partial charge in [-0.25, -0.2) is 0 Å². The molecule has 10 heteroatoms. The highest BCUT2D eigenvalue weighted by Gasteiger charge is 2.14. The lowest BCUT2D eigenvalue weighted by molar-refractivity contribution is -0.132. The van der Waals surface area contributed by atoms with Crippen LogP contribution >= 0.6 is 23.1 Å². The van der Waals surface area contributed by atoms with Crippen LogP contribution in [0.4, 0.5) is 10.8 Å². The number of hydrogen-bond acceptors (Lipinski definition) is 8. The van der Waals surface area contributed by atoms with Crippen molar-refractivity contribution < 1.29 is 14.3 Å². The molecule has 2 aromatic rings. The number of para-hydroxylation sites is 2. The minimum absolute atomic E-state index is 0.0343. The maximum Gasteiger partial charge on any atom is 0.239 e. The maximum absolute atomic E-state index is 12.0. The third-order valence-electron chi connectivity index (χ3n) is 3.16. The second-order valence-electron chi connectivity index (χ2n) is 4.91. The molecule has 0 aliphatic rings. The average molecular weight is 381 g/mol. The van der Waals surface area contributed by atoms with Crippen LogP contribution in [0.3, 0.4) is 0 Å². The third-order valence-corrected chi connectivity index (χ3v) is 5.12. The number of ether oxygens (including phenoxy) is 1. The van der Waals surface area contributed by atoms with Crippen molar-refractivity contribution in [2.45, 2.75) is 4.34 Å². The van der Waals surface area contributed by atoms with E-state index in [0.717, 1.165) is 5.69 Å². The molecule has 0 aliphatic carbocycles. The van der Waals surface area contributed by atoms with E-state index in [2.05, 4.69) is 20.8 Å². The number of likely N-dealkylation sites (N-methyl/N-ethyl adjacent to an activating group) is 2. The summed E-state index contributed by atoms with van der Waals surface area (Å²) in [6, 6.07) is 7.50. The van der Waals surface area contributed by atoms with E-state index in [1.165, 1.54) is 35.0 Å². The van der Waals surface area contributed by atoms with Crippen LogP contribution in [0.5, 0.6) is 5.75 Å². The zero-order valence-corrected chi connectivity index (χ0v) is 15.7. The summed E-state index contributed by atoms with van der Waals surface area (Å²) >= 11 is 2.63. The molecule has 0 unspecified atom stereocenters. The van der Waals surface area contributed by atoms with Crippen molar-refractivity contribution in [3.63, 3.8) is 0 Å². The zero-order valence-electron chi connectivity index (χ0n) is 14.1. The summed E-state index contributed by atoms with van der Waals surface area (Å²) in [5, 5.41) is 14.4. The molecule has 8 nitrogen and oxygen atoms in total. The van der Waals surface area contributed by atoms with Gasteiger partial charge in [-0.2, -0.15) is 0 Å². The van der Waals surface area contributed by atoms with Crippen molar-refractivity contribution in [1.82, 2.24) is 20.4 Å². The molecule has 0 aliphatic heterocycles. The lowest BCUT2D eigenvalue weighted by Gasteiger charge is -2.15. The van der Waals surface area contributed by atoms with Crippen LogP contribution in [-0.4, -0.2) is 60.4 Å². The molecule has 0 fully saturated rings. The topological polar surface area (TPSA) is 96.5 Å². The first-order valence-electron chi connectivity index (χ1n) is 7.34. The highest BCUT2D eigenvalue weighted by atomic mass is 32.2. The number of aromatic nitrogens is 2. The molecule has 0 saturated carbocycles. The number of thioether (sulfide) groups is 1. The van der Waals surface area contributed by atoms with E-state index in [1.54, 1.807) is 14.2 Å².